The molecule has 1 aliphatic rings. The molecule has 1 aromatic heterocycles. The molecule has 0 spiro atoms. The van der Waals surface area contributed by atoms with Crippen molar-refractivity contribution in [3.63, 3.8) is 0 Å². The number of halogens is 1. The Morgan fingerprint density at radius 3 is 2.91 bits per heavy atom. The standard InChI is InChI=1S/C17H25ClN2O2S/c1-17(2,3)22-16(21)20-8-4-5-14(10-20)12-23-11-13-6-7-15(18)19-9-13/h6-7,9,14H,4-5,8,10-12H2,1-3H3/t14-/m0/s1. The Morgan fingerprint density at radius 2 is 2.26 bits per heavy atom. The second-order valence-electron chi connectivity index (χ2n) is 6.94. The number of likely N-dealkylation sites (tertiary alicyclic amines) is 1. The molecule has 6 heteroatoms. The number of aromatic nitrogens is 1. The van der Waals surface area contributed by atoms with Gasteiger partial charge in [-0.2, -0.15) is 11.8 Å². The van der Waals surface area contributed by atoms with Gasteiger partial charge in [0.25, 0.3) is 0 Å². The number of pyridine rings is 1. The molecule has 2 heterocycles. The molecule has 1 aliphatic heterocycles. The molecular formula is C17H25ClN2O2S. The van der Waals surface area contributed by atoms with Crippen LogP contribution in [0.15, 0.2) is 18.3 Å². The first-order valence-corrected chi connectivity index (χ1v) is 9.53. The first-order valence-electron chi connectivity index (χ1n) is 7.99. The minimum absolute atomic E-state index is 0.186. The summed E-state index contributed by atoms with van der Waals surface area (Å²) < 4.78 is 5.47. The van der Waals surface area contributed by atoms with Crippen molar-refractivity contribution in [3.8, 4) is 0 Å². The SMILES string of the molecule is CC(C)(C)OC(=O)N1CCC[C@H](CSCc2ccc(Cl)nc2)C1. The predicted molar refractivity (Wildman–Crippen MR) is 95.9 cm³/mol. The summed E-state index contributed by atoms with van der Waals surface area (Å²) in [6, 6.07) is 3.83. The third-order valence-electron chi connectivity index (χ3n) is 3.58. The maximum Gasteiger partial charge on any atom is 0.410 e. The van der Waals surface area contributed by atoms with E-state index < -0.39 is 5.60 Å². The lowest BCUT2D eigenvalue weighted by Crippen LogP contribution is -2.43. The summed E-state index contributed by atoms with van der Waals surface area (Å²) >= 11 is 7.68. The van der Waals surface area contributed by atoms with Crippen LogP contribution < -0.4 is 0 Å². The quantitative estimate of drug-likeness (QED) is 0.738. The van der Waals surface area contributed by atoms with Gasteiger partial charge >= 0.3 is 6.09 Å². The molecule has 0 bridgehead atoms. The Morgan fingerprint density at radius 1 is 1.48 bits per heavy atom. The number of thioether (sulfide) groups is 1. The van der Waals surface area contributed by atoms with Crippen LogP contribution in [-0.2, 0) is 10.5 Å². The van der Waals surface area contributed by atoms with Crippen LogP contribution in [0.3, 0.4) is 0 Å². The summed E-state index contributed by atoms with van der Waals surface area (Å²) in [6.45, 7) is 7.31. The molecule has 0 aliphatic carbocycles. The highest BCUT2D eigenvalue weighted by atomic mass is 35.5. The number of rotatable bonds is 4. The summed E-state index contributed by atoms with van der Waals surface area (Å²) in [5, 5.41) is 0.527. The molecule has 1 aromatic rings. The number of ether oxygens (including phenoxy) is 1. The van der Waals surface area contributed by atoms with Crippen LogP contribution in [0.4, 0.5) is 4.79 Å². The smallest absolute Gasteiger partial charge is 0.410 e. The van der Waals surface area contributed by atoms with Crippen LogP contribution in [0, 0.1) is 5.92 Å². The van der Waals surface area contributed by atoms with Crippen molar-refractivity contribution < 1.29 is 9.53 Å². The Kier molecular flexibility index (Phi) is 6.60. The molecule has 2 rings (SSSR count). The zero-order valence-corrected chi connectivity index (χ0v) is 15.6. The van der Waals surface area contributed by atoms with Crippen LogP contribution >= 0.6 is 23.4 Å². The molecule has 0 saturated carbocycles. The summed E-state index contributed by atoms with van der Waals surface area (Å²) in [7, 11) is 0. The molecule has 4 nitrogen and oxygen atoms in total. The topological polar surface area (TPSA) is 42.4 Å². The molecule has 0 N–H and O–H groups in total. The summed E-state index contributed by atoms with van der Waals surface area (Å²) in [6.07, 6.45) is 3.86. The van der Waals surface area contributed by atoms with Crippen LogP contribution in [0.5, 0.6) is 0 Å². The zero-order chi connectivity index (χ0) is 16.9. The van der Waals surface area contributed by atoms with Crippen molar-refractivity contribution in [3.05, 3.63) is 29.0 Å². The fourth-order valence-corrected chi connectivity index (χ4v) is 3.77. The van der Waals surface area contributed by atoms with E-state index in [4.69, 9.17) is 16.3 Å². The van der Waals surface area contributed by atoms with Crippen molar-refractivity contribution in [2.45, 2.75) is 45.0 Å². The number of hydrogen-bond acceptors (Lipinski definition) is 4. The average molecular weight is 357 g/mol. The predicted octanol–water partition coefficient (Wildman–Crippen LogP) is 4.62. The van der Waals surface area contributed by atoms with E-state index in [1.807, 2.05) is 55.8 Å². The molecular weight excluding hydrogens is 332 g/mol. The molecule has 128 valence electrons. The molecule has 1 atom stereocenters. The van der Waals surface area contributed by atoms with Gasteiger partial charge in [-0.15, -0.1) is 0 Å². The first-order chi connectivity index (χ1) is 10.8. The van der Waals surface area contributed by atoms with Crippen molar-refractivity contribution in [2.24, 2.45) is 5.92 Å². The van der Waals surface area contributed by atoms with Crippen molar-refractivity contribution in [1.82, 2.24) is 9.88 Å². The third kappa shape index (κ3) is 6.60. The number of nitrogens with zero attached hydrogens (tertiary/aromatic N) is 2. The van der Waals surface area contributed by atoms with Crippen molar-refractivity contribution >= 4 is 29.5 Å². The van der Waals surface area contributed by atoms with E-state index in [0.29, 0.717) is 11.1 Å². The minimum atomic E-state index is -0.430. The maximum absolute atomic E-state index is 12.2. The van der Waals surface area contributed by atoms with Gasteiger partial charge in [0.1, 0.15) is 10.8 Å². The molecule has 0 aromatic carbocycles. The lowest BCUT2D eigenvalue weighted by Gasteiger charge is -2.34. The Bertz CT molecular complexity index is 516. The van der Waals surface area contributed by atoms with E-state index in [0.717, 1.165) is 31.0 Å². The monoisotopic (exact) mass is 356 g/mol. The van der Waals surface area contributed by atoms with Crippen LogP contribution in [0.25, 0.3) is 0 Å². The van der Waals surface area contributed by atoms with E-state index in [2.05, 4.69) is 4.98 Å². The number of carbonyl (C=O) groups is 1. The van der Waals surface area contributed by atoms with E-state index in [1.165, 1.54) is 12.0 Å². The zero-order valence-electron chi connectivity index (χ0n) is 14.0. The normalized spacial score (nSPS) is 18.8. The highest BCUT2D eigenvalue weighted by molar-refractivity contribution is 7.98. The number of carbonyl (C=O) groups excluding carboxylic acids is 1. The van der Waals surface area contributed by atoms with Gasteiger partial charge in [0.05, 0.1) is 0 Å². The number of hydrogen-bond donors (Lipinski definition) is 0. The molecule has 23 heavy (non-hydrogen) atoms. The van der Waals surface area contributed by atoms with Crippen LogP contribution in [0.2, 0.25) is 5.15 Å². The van der Waals surface area contributed by atoms with E-state index in [9.17, 15) is 4.79 Å². The van der Waals surface area contributed by atoms with Gasteiger partial charge in [0.15, 0.2) is 0 Å². The second-order valence-corrected chi connectivity index (χ2v) is 8.36. The van der Waals surface area contributed by atoms with Gasteiger partial charge in [-0.05, 0) is 56.9 Å². The fourth-order valence-electron chi connectivity index (χ4n) is 2.53. The van der Waals surface area contributed by atoms with Gasteiger partial charge in [-0.3, -0.25) is 0 Å². The number of amides is 1. The summed E-state index contributed by atoms with van der Waals surface area (Å²) in [4.78, 5) is 18.1. The third-order valence-corrected chi connectivity index (χ3v) is 5.05. The number of piperidine rings is 1. The molecule has 1 saturated heterocycles. The Hall–Kier alpha value is -0.940. The lowest BCUT2D eigenvalue weighted by molar-refractivity contribution is 0.0177. The van der Waals surface area contributed by atoms with Crippen molar-refractivity contribution in [1.29, 1.82) is 0 Å². The van der Waals surface area contributed by atoms with Gasteiger partial charge in [0.2, 0.25) is 0 Å². The maximum atomic E-state index is 12.2. The summed E-state index contributed by atoms with van der Waals surface area (Å²) in [5.74, 6) is 2.50. The second kappa shape index (κ2) is 8.25. The Labute approximate surface area is 147 Å². The van der Waals surface area contributed by atoms with Crippen molar-refractivity contribution in [2.75, 3.05) is 18.8 Å². The fraction of sp³-hybridized carbons (Fsp3) is 0.647. The average Bonchev–Trinajstić information content (AvgIpc) is 2.48. The molecule has 1 fully saturated rings. The van der Waals surface area contributed by atoms with Gasteiger partial charge in [-0.1, -0.05) is 17.7 Å². The summed E-state index contributed by atoms with van der Waals surface area (Å²) in [5.41, 5.74) is 0.750. The lowest BCUT2D eigenvalue weighted by atomic mass is 10.0. The van der Waals surface area contributed by atoms with Gasteiger partial charge in [0, 0.05) is 25.0 Å². The minimum Gasteiger partial charge on any atom is -0.444 e. The molecule has 0 unspecified atom stereocenters. The van der Waals surface area contributed by atoms with Crippen LogP contribution in [0.1, 0.15) is 39.2 Å². The Balaban J connectivity index is 1.75. The largest absolute Gasteiger partial charge is 0.444 e. The van der Waals surface area contributed by atoms with E-state index in [1.54, 1.807) is 0 Å². The van der Waals surface area contributed by atoms with E-state index >= 15 is 0 Å². The van der Waals surface area contributed by atoms with Gasteiger partial charge in [-0.25, -0.2) is 9.78 Å². The van der Waals surface area contributed by atoms with E-state index in [-0.39, 0.29) is 6.09 Å². The van der Waals surface area contributed by atoms with Gasteiger partial charge < -0.3 is 9.64 Å². The molecule has 1 amide bonds. The highest BCUT2D eigenvalue weighted by Gasteiger charge is 2.27. The molecule has 0 radical (unpaired) electrons. The van der Waals surface area contributed by atoms with Crippen LogP contribution in [-0.4, -0.2) is 40.4 Å². The highest BCUT2D eigenvalue weighted by Crippen LogP contribution is 2.24. The first kappa shape index (κ1) is 18.4.